The van der Waals surface area contributed by atoms with Gasteiger partial charge in [0, 0.05) is 0 Å². The minimum absolute atomic E-state index is 0. The van der Waals surface area contributed by atoms with Gasteiger partial charge in [-0.3, -0.25) is 0 Å². The molecule has 238 valence electrons. The van der Waals surface area contributed by atoms with Gasteiger partial charge in [-0.1, -0.05) is 117 Å². The first-order valence-corrected chi connectivity index (χ1v) is 18.1. The molecule has 0 amide bonds. The number of allylic oxidation sites excluding steroid dienone is 4. The van der Waals surface area contributed by atoms with Gasteiger partial charge < -0.3 is 24.8 Å². The van der Waals surface area contributed by atoms with Gasteiger partial charge in [-0.15, -0.1) is 33.7 Å². The second-order valence-electron chi connectivity index (χ2n) is 12.1. The monoisotopic (exact) mass is 723 g/mol. The first-order valence-electron chi connectivity index (χ1n) is 16.9. The van der Waals surface area contributed by atoms with Crippen molar-refractivity contribution in [1.29, 1.82) is 0 Å². The van der Waals surface area contributed by atoms with Gasteiger partial charge in [-0.2, -0.15) is 0 Å². The molecular weight excluding hydrogens is 679 g/mol. The van der Waals surface area contributed by atoms with Gasteiger partial charge in [-0.25, -0.2) is 0 Å². The molecule has 0 heterocycles. The molecule has 6 rings (SSSR count). The summed E-state index contributed by atoms with van der Waals surface area (Å²) in [5, 5.41) is 6.10. The zero-order valence-electron chi connectivity index (χ0n) is 27.9. The second kappa shape index (κ2) is 18.8. The molecule has 0 unspecified atom stereocenters. The molecule has 0 fully saturated rings. The molecule has 0 nitrogen and oxygen atoms in total. The van der Waals surface area contributed by atoms with E-state index in [1.165, 1.54) is 112 Å². The van der Waals surface area contributed by atoms with Crippen LogP contribution in [0.25, 0.3) is 27.1 Å². The Hall–Kier alpha value is -2.44. The first kappa shape index (κ1) is 38.0. The Balaban J connectivity index is 0.000000304. The van der Waals surface area contributed by atoms with Crippen LogP contribution in [0.3, 0.4) is 0 Å². The van der Waals surface area contributed by atoms with Crippen molar-refractivity contribution in [3.8, 4) is 0 Å². The summed E-state index contributed by atoms with van der Waals surface area (Å²) in [6.07, 6.45) is 17.6. The number of aryl methyl sites for hydroxylation is 2. The van der Waals surface area contributed by atoms with Gasteiger partial charge in [0.25, 0.3) is 0 Å². The van der Waals surface area contributed by atoms with Crippen molar-refractivity contribution < 1.29 is 49.0 Å². The van der Waals surface area contributed by atoms with Crippen molar-refractivity contribution in [2.75, 3.05) is 0 Å². The maximum absolute atomic E-state index is 2.52. The molecule has 0 spiro atoms. The van der Waals surface area contributed by atoms with E-state index < -0.39 is 0 Å². The van der Waals surface area contributed by atoms with Crippen LogP contribution in [0, 0.1) is 0 Å². The summed E-state index contributed by atoms with van der Waals surface area (Å²) in [7, 11) is 0. The predicted molar refractivity (Wildman–Crippen MR) is 191 cm³/mol. The van der Waals surface area contributed by atoms with Crippen molar-refractivity contribution in [3.05, 3.63) is 142 Å². The zero-order chi connectivity index (χ0) is 30.9. The van der Waals surface area contributed by atoms with E-state index in [2.05, 4.69) is 131 Å². The van der Waals surface area contributed by atoms with Crippen LogP contribution in [0.5, 0.6) is 0 Å². The maximum atomic E-state index is 2.52. The van der Waals surface area contributed by atoms with Crippen molar-refractivity contribution >= 4 is 30.3 Å². The van der Waals surface area contributed by atoms with E-state index in [-0.39, 0.29) is 24.8 Å². The molecule has 0 N–H and O–H groups in total. The van der Waals surface area contributed by atoms with Crippen LogP contribution in [0.4, 0.5) is 0 Å². The Morgan fingerprint density at radius 2 is 1.20 bits per heavy atom. The van der Waals surface area contributed by atoms with Crippen molar-refractivity contribution in [1.82, 2.24) is 0 Å². The summed E-state index contributed by atoms with van der Waals surface area (Å²) in [5.74, 6) is 0. The zero-order valence-corrected chi connectivity index (χ0v) is 31.9. The van der Waals surface area contributed by atoms with Crippen LogP contribution in [0.2, 0.25) is 0 Å². The molecule has 46 heavy (non-hydrogen) atoms. The third kappa shape index (κ3) is 8.34. The van der Waals surface area contributed by atoms with Crippen LogP contribution in [0.15, 0.2) is 103 Å². The molecule has 1 aliphatic rings. The molecule has 0 bridgehead atoms. The van der Waals surface area contributed by atoms with Gasteiger partial charge in [0.15, 0.2) is 0 Å². The standard InChI is InChI=1S/C30H37.C13H10.2ClH.Zr/c1-5-12-21-18-11-19-23-20-27-29(22-16-9-10-17-22)25(14-7-3)24(13-6-2)26(15-8-4)30(27)28(21)23;1-3-7-12(8-4-1)11-13-9-5-2-6-10-13;;;/h9-11,16,18-20H,5-8,12-15,17H2,1-4H3;1-10H;2*1H;/q-1;;;;+2/p-2. The second-order valence-corrected chi connectivity index (χ2v) is 13.3. The molecular formula is C43H47Cl2Zr-. The number of hydrogen-bond acceptors (Lipinski definition) is 0. The molecule has 1 aliphatic carbocycles. The number of hydrogen-bond donors (Lipinski definition) is 0. The van der Waals surface area contributed by atoms with Crippen molar-refractivity contribution in [2.24, 2.45) is 0 Å². The molecule has 0 aromatic heterocycles. The number of fused-ring (bicyclic) bond motifs is 3. The van der Waals surface area contributed by atoms with E-state index in [0.717, 1.165) is 6.42 Å². The van der Waals surface area contributed by atoms with Gasteiger partial charge in [0.05, 0.1) is 0 Å². The summed E-state index contributed by atoms with van der Waals surface area (Å²) in [4.78, 5) is 0. The third-order valence-corrected chi connectivity index (χ3v) is 10.3. The molecule has 5 aromatic carbocycles. The van der Waals surface area contributed by atoms with E-state index >= 15 is 0 Å². The van der Waals surface area contributed by atoms with Gasteiger partial charge in [0.1, 0.15) is 0 Å². The Bertz CT molecular complexity index is 1730. The van der Waals surface area contributed by atoms with E-state index in [0.29, 0.717) is 0 Å². The molecule has 3 heteroatoms. The summed E-state index contributed by atoms with van der Waals surface area (Å²) in [6, 6.07) is 30.6. The average molecular weight is 726 g/mol. The van der Waals surface area contributed by atoms with Gasteiger partial charge >= 0.3 is 99.2 Å². The first-order chi connectivity index (χ1) is 21.6. The van der Waals surface area contributed by atoms with Gasteiger partial charge in [-0.05, 0) is 32.1 Å². The summed E-state index contributed by atoms with van der Waals surface area (Å²) in [6.45, 7) is 9.33. The normalized spacial score (nSPS) is 11.9. The van der Waals surface area contributed by atoms with Crippen molar-refractivity contribution in [2.45, 2.75) is 85.5 Å². The SMILES string of the molecule is CCCc1c(CCC)c(CCC)c2c([cH-]c3cccc(CCC)c32)c1C1=CC=CC1.[Cl-].[Cl-].[Zr+2]=[C](c1ccccc1)c1ccccc1. The summed E-state index contributed by atoms with van der Waals surface area (Å²) >= 11 is 1.46. The topological polar surface area (TPSA) is 0 Å². The fraction of sp³-hybridized carbons (Fsp3) is 0.302. The average Bonchev–Trinajstić information content (AvgIpc) is 3.73. The van der Waals surface area contributed by atoms with Crippen LogP contribution < -0.4 is 24.8 Å². The Kier molecular flexibility index (Phi) is 15.5. The molecule has 5 aromatic rings. The number of benzene rings is 4. The van der Waals surface area contributed by atoms with E-state index in [9.17, 15) is 0 Å². The van der Waals surface area contributed by atoms with Crippen LogP contribution >= 0.6 is 0 Å². The Morgan fingerprint density at radius 3 is 1.74 bits per heavy atom. The third-order valence-electron chi connectivity index (χ3n) is 8.84. The van der Waals surface area contributed by atoms with E-state index in [1.807, 2.05) is 0 Å². The van der Waals surface area contributed by atoms with E-state index in [1.54, 1.807) is 33.0 Å². The Morgan fingerprint density at radius 1 is 0.630 bits per heavy atom. The number of rotatable bonds is 11. The van der Waals surface area contributed by atoms with E-state index in [4.69, 9.17) is 0 Å². The number of halogens is 2. The molecule has 0 atom stereocenters. The predicted octanol–water partition coefficient (Wildman–Crippen LogP) is 5.68. The summed E-state index contributed by atoms with van der Waals surface area (Å²) in [5.41, 5.74) is 12.3. The Labute approximate surface area is 304 Å². The fourth-order valence-electron chi connectivity index (χ4n) is 7.02. The fourth-order valence-corrected chi connectivity index (χ4v) is 7.84. The van der Waals surface area contributed by atoms with Gasteiger partial charge in [0.2, 0.25) is 0 Å². The van der Waals surface area contributed by atoms with Crippen molar-refractivity contribution in [3.63, 3.8) is 0 Å². The van der Waals surface area contributed by atoms with Crippen LogP contribution in [-0.2, 0) is 49.9 Å². The molecule has 0 saturated carbocycles. The molecule has 0 radical (unpaired) electrons. The summed E-state index contributed by atoms with van der Waals surface area (Å²) < 4.78 is 1.42. The quantitative estimate of drug-likeness (QED) is 0.154. The van der Waals surface area contributed by atoms with Crippen LogP contribution in [-0.4, -0.2) is 3.21 Å². The molecule has 0 aliphatic heterocycles. The molecule has 0 saturated heterocycles. The van der Waals surface area contributed by atoms with Crippen LogP contribution in [0.1, 0.15) is 98.7 Å². The minimum atomic E-state index is 0.